The second-order valence-electron chi connectivity index (χ2n) is 8.70. The Morgan fingerprint density at radius 3 is 2.18 bits per heavy atom. The van der Waals surface area contributed by atoms with Gasteiger partial charge >= 0.3 is 5.97 Å². The molecule has 164 valence electrons. The molecule has 1 aliphatic rings. The standard InChI is InChI=1S/C17H32N2O9/c1-15(2,12(18)14(25)26)7-16(3,4)19-9(21)5-17(27)13(24)11(23)10(22)8(6-20)28-17/h8,10-13,20,22-24,27H,5-7,18H2,1-4H3,(H,19,21)(H,25,26)/t8-,10+,11+,12-,13-,17+/m1/s1. The minimum Gasteiger partial charge on any atom is -0.480 e. The molecule has 1 fully saturated rings. The van der Waals surface area contributed by atoms with Crippen LogP contribution in [0.5, 0.6) is 0 Å². The third-order valence-corrected chi connectivity index (χ3v) is 4.95. The summed E-state index contributed by atoms with van der Waals surface area (Å²) in [5, 5.41) is 61.0. The molecule has 0 aromatic heterocycles. The first-order valence-electron chi connectivity index (χ1n) is 8.91. The summed E-state index contributed by atoms with van der Waals surface area (Å²) in [4.78, 5) is 23.6. The number of hydrogen-bond donors (Lipinski definition) is 8. The largest absolute Gasteiger partial charge is 0.480 e. The van der Waals surface area contributed by atoms with Crippen molar-refractivity contribution in [3.8, 4) is 0 Å². The van der Waals surface area contributed by atoms with Gasteiger partial charge in [-0.25, -0.2) is 0 Å². The monoisotopic (exact) mass is 408 g/mol. The third kappa shape index (κ3) is 5.60. The molecule has 1 rings (SSSR count). The highest BCUT2D eigenvalue weighted by atomic mass is 16.7. The van der Waals surface area contributed by atoms with E-state index in [0.717, 1.165) is 0 Å². The highest BCUT2D eigenvalue weighted by Gasteiger charge is 2.53. The normalized spacial score (nSPS) is 32.6. The fourth-order valence-electron chi connectivity index (χ4n) is 3.65. The van der Waals surface area contributed by atoms with Crippen molar-refractivity contribution in [3.63, 3.8) is 0 Å². The molecule has 0 aliphatic carbocycles. The molecule has 11 heteroatoms. The Bertz CT molecular complexity index is 581. The number of ether oxygens (including phenoxy) is 1. The van der Waals surface area contributed by atoms with Gasteiger partial charge in [-0.2, -0.15) is 0 Å². The first-order chi connectivity index (χ1) is 12.6. The third-order valence-electron chi connectivity index (χ3n) is 4.95. The lowest BCUT2D eigenvalue weighted by Crippen LogP contribution is -2.66. The fraction of sp³-hybridized carbons (Fsp3) is 0.882. The SMILES string of the molecule is CC(C)(CC(C)(C)[C@H](N)C(=O)O)NC(=O)C[C@]1(O)O[C@H](CO)[C@H](O)[C@H](O)[C@H]1O. The van der Waals surface area contributed by atoms with Crippen molar-refractivity contribution in [2.24, 2.45) is 11.1 Å². The van der Waals surface area contributed by atoms with E-state index in [-0.39, 0.29) is 6.42 Å². The van der Waals surface area contributed by atoms with Crippen LogP contribution in [0.15, 0.2) is 0 Å². The van der Waals surface area contributed by atoms with Gasteiger partial charge in [0.2, 0.25) is 11.7 Å². The summed E-state index contributed by atoms with van der Waals surface area (Å²) in [5.41, 5.74) is 3.89. The van der Waals surface area contributed by atoms with Gasteiger partial charge in [-0.05, 0) is 25.7 Å². The van der Waals surface area contributed by atoms with E-state index in [2.05, 4.69) is 5.32 Å². The minimum atomic E-state index is -2.53. The van der Waals surface area contributed by atoms with E-state index < -0.39 is 72.1 Å². The molecule has 1 amide bonds. The van der Waals surface area contributed by atoms with Crippen LogP contribution in [0.3, 0.4) is 0 Å². The molecule has 0 spiro atoms. The van der Waals surface area contributed by atoms with Crippen LogP contribution in [0.25, 0.3) is 0 Å². The van der Waals surface area contributed by atoms with Gasteiger partial charge < -0.3 is 46.4 Å². The van der Waals surface area contributed by atoms with Crippen molar-refractivity contribution in [2.45, 2.75) is 82.3 Å². The van der Waals surface area contributed by atoms with Crippen molar-refractivity contribution in [2.75, 3.05) is 6.61 Å². The Morgan fingerprint density at radius 1 is 1.18 bits per heavy atom. The molecular weight excluding hydrogens is 376 g/mol. The highest BCUT2D eigenvalue weighted by Crippen LogP contribution is 2.33. The lowest BCUT2D eigenvalue weighted by molar-refractivity contribution is -0.348. The first kappa shape index (κ1) is 24.7. The predicted octanol–water partition coefficient (Wildman–Crippen LogP) is -2.74. The number of carbonyl (C=O) groups excluding carboxylic acids is 1. The Kier molecular flexibility index (Phi) is 7.56. The molecule has 9 N–H and O–H groups in total. The average Bonchev–Trinajstić information content (AvgIpc) is 2.53. The zero-order valence-corrected chi connectivity index (χ0v) is 16.5. The van der Waals surface area contributed by atoms with Crippen molar-refractivity contribution in [1.29, 1.82) is 0 Å². The molecule has 11 nitrogen and oxygen atoms in total. The van der Waals surface area contributed by atoms with Gasteiger partial charge in [-0.15, -0.1) is 0 Å². The van der Waals surface area contributed by atoms with Gasteiger partial charge in [-0.3, -0.25) is 9.59 Å². The van der Waals surface area contributed by atoms with Gasteiger partial charge in [-0.1, -0.05) is 13.8 Å². The number of nitrogens with one attached hydrogen (secondary N) is 1. The van der Waals surface area contributed by atoms with Crippen LogP contribution in [-0.4, -0.2) is 90.9 Å². The van der Waals surface area contributed by atoms with Crippen LogP contribution >= 0.6 is 0 Å². The molecule has 1 heterocycles. The van der Waals surface area contributed by atoms with Gasteiger partial charge in [0.1, 0.15) is 30.5 Å². The maximum Gasteiger partial charge on any atom is 0.321 e. The Labute approximate surface area is 163 Å². The maximum atomic E-state index is 12.4. The topological polar surface area (TPSA) is 203 Å². The van der Waals surface area contributed by atoms with Crippen LogP contribution < -0.4 is 11.1 Å². The highest BCUT2D eigenvalue weighted by molar-refractivity contribution is 5.78. The molecule has 1 saturated heterocycles. The van der Waals surface area contributed by atoms with Crippen molar-refractivity contribution in [1.82, 2.24) is 5.32 Å². The van der Waals surface area contributed by atoms with Gasteiger partial charge in [0.05, 0.1) is 13.0 Å². The Balaban J connectivity index is 2.85. The van der Waals surface area contributed by atoms with Crippen molar-refractivity contribution >= 4 is 11.9 Å². The summed E-state index contributed by atoms with van der Waals surface area (Å²) in [5.74, 6) is -4.46. The molecule has 1 aliphatic heterocycles. The second kappa shape index (κ2) is 8.57. The number of carboxylic acid groups (broad SMARTS) is 1. The lowest BCUT2D eigenvalue weighted by atomic mass is 9.75. The van der Waals surface area contributed by atoms with E-state index in [1.165, 1.54) is 0 Å². The number of aliphatic hydroxyl groups is 5. The number of nitrogens with two attached hydrogens (primary N) is 1. The zero-order chi connectivity index (χ0) is 22.1. The first-order valence-corrected chi connectivity index (χ1v) is 8.91. The molecule has 28 heavy (non-hydrogen) atoms. The quantitative estimate of drug-likeness (QED) is 0.208. The van der Waals surface area contributed by atoms with Crippen molar-refractivity contribution in [3.05, 3.63) is 0 Å². The smallest absolute Gasteiger partial charge is 0.321 e. The molecule has 0 aromatic carbocycles. The van der Waals surface area contributed by atoms with Crippen LogP contribution in [0.2, 0.25) is 0 Å². The molecule has 0 bridgehead atoms. The summed E-state index contributed by atoms with van der Waals surface area (Å²) < 4.78 is 5.06. The summed E-state index contributed by atoms with van der Waals surface area (Å²) >= 11 is 0. The van der Waals surface area contributed by atoms with Gasteiger partial charge in [0, 0.05) is 5.54 Å². The number of amides is 1. The summed E-state index contributed by atoms with van der Waals surface area (Å²) in [7, 11) is 0. The number of aliphatic hydroxyl groups excluding tert-OH is 4. The van der Waals surface area contributed by atoms with E-state index in [4.69, 9.17) is 15.6 Å². The van der Waals surface area contributed by atoms with E-state index in [0.29, 0.717) is 0 Å². The van der Waals surface area contributed by atoms with E-state index >= 15 is 0 Å². The molecule has 0 unspecified atom stereocenters. The van der Waals surface area contributed by atoms with Crippen LogP contribution in [0.4, 0.5) is 0 Å². The van der Waals surface area contributed by atoms with E-state index in [9.17, 15) is 35.1 Å². The lowest BCUT2D eigenvalue weighted by Gasteiger charge is -2.45. The number of hydrogen-bond acceptors (Lipinski definition) is 9. The van der Waals surface area contributed by atoms with E-state index in [1.807, 2.05) is 0 Å². The summed E-state index contributed by atoms with van der Waals surface area (Å²) in [6.07, 6.45) is -7.46. The minimum absolute atomic E-state index is 0.182. The van der Waals surface area contributed by atoms with Crippen molar-refractivity contribution < 1.29 is 45.0 Å². The van der Waals surface area contributed by atoms with Crippen LogP contribution in [0, 0.1) is 5.41 Å². The fourth-order valence-corrected chi connectivity index (χ4v) is 3.65. The predicted molar refractivity (Wildman–Crippen MR) is 95.8 cm³/mol. The molecule has 0 radical (unpaired) electrons. The summed E-state index contributed by atoms with van der Waals surface area (Å²) in [6, 6.07) is -1.17. The van der Waals surface area contributed by atoms with Gasteiger partial charge in [0.25, 0.3) is 0 Å². The Hall–Kier alpha value is -1.34. The maximum absolute atomic E-state index is 12.4. The summed E-state index contributed by atoms with van der Waals surface area (Å²) in [6.45, 7) is 5.81. The zero-order valence-electron chi connectivity index (χ0n) is 16.5. The number of rotatable bonds is 8. The van der Waals surface area contributed by atoms with Crippen LogP contribution in [-0.2, 0) is 14.3 Å². The van der Waals surface area contributed by atoms with E-state index in [1.54, 1.807) is 27.7 Å². The molecule has 6 atom stereocenters. The molecule has 0 saturated carbocycles. The second-order valence-corrected chi connectivity index (χ2v) is 8.70. The Morgan fingerprint density at radius 2 is 1.71 bits per heavy atom. The number of carbonyl (C=O) groups is 2. The van der Waals surface area contributed by atoms with Gasteiger partial charge in [0.15, 0.2) is 0 Å². The number of aliphatic carboxylic acids is 1. The average molecular weight is 408 g/mol. The number of carboxylic acids is 1. The molecular formula is C17H32N2O9. The molecule has 0 aromatic rings. The van der Waals surface area contributed by atoms with Crippen LogP contribution in [0.1, 0.15) is 40.5 Å².